The third kappa shape index (κ3) is 3.15. The van der Waals surface area contributed by atoms with E-state index >= 15 is 0 Å². The number of halogens is 1. The van der Waals surface area contributed by atoms with Crippen molar-refractivity contribution in [3.63, 3.8) is 0 Å². The maximum absolute atomic E-state index is 5.86. The van der Waals surface area contributed by atoms with Gasteiger partial charge in [-0.25, -0.2) is 0 Å². The molecule has 1 aromatic rings. The zero-order valence-corrected chi connectivity index (χ0v) is 8.56. The number of hydrogen-bond donors (Lipinski definition) is 2. The van der Waals surface area contributed by atoms with Crippen molar-refractivity contribution in [2.45, 2.75) is 19.8 Å². The van der Waals surface area contributed by atoms with Crippen LogP contribution in [0.2, 0.25) is 5.02 Å². The molecule has 13 heavy (non-hydrogen) atoms. The first kappa shape index (κ1) is 10.2. The highest BCUT2D eigenvalue weighted by Crippen LogP contribution is 2.22. The van der Waals surface area contributed by atoms with Gasteiger partial charge in [0.1, 0.15) is 0 Å². The minimum Gasteiger partial charge on any atom is -0.398 e. The summed E-state index contributed by atoms with van der Waals surface area (Å²) in [5, 5.41) is 3.89. The Bertz CT molecular complexity index is 274. The Labute approximate surface area is 84.1 Å². The van der Waals surface area contributed by atoms with Gasteiger partial charge in [-0.3, -0.25) is 0 Å². The highest BCUT2D eigenvalue weighted by atomic mass is 35.5. The Morgan fingerprint density at radius 3 is 2.85 bits per heavy atom. The van der Waals surface area contributed by atoms with Gasteiger partial charge in [-0.05, 0) is 24.6 Å². The molecule has 2 nitrogen and oxygen atoms in total. The number of anilines is 2. The van der Waals surface area contributed by atoms with Crippen LogP contribution in [0.4, 0.5) is 11.4 Å². The summed E-state index contributed by atoms with van der Waals surface area (Å²) in [7, 11) is 0. The molecular formula is C10H15ClN2. The van der Waals surface area contributed by atoms with Crippen LogP contribution in [0.5, 0.6) is 0 Å². The third-order valence-corrected chi connectivity index (χ3v) is 2.19. The monoisotopic (exact) mass is 198 g/mol. The van der Waals surface area contributed by atoms with Gasteiger partial charge in [0.15, 0.2) is 0 Å². The minimum atomic E-state index is 0.612. The first-order valence-electron chi connectivity index (χ1n) is 4.53. The number of benzene rings is 1. The van der Waals surface area contributed by atoms with Crippen molar-refractivity contribution in [2.75, 3.05) is 17.6 Å². The first-order chi connectivity index (χ1) is 6.24. The van der Waals surface area contributed by atoms with E-state index in [9.17, 15) is 0 Å². The summed E-state index contributed by atoms with van der Waals surface area (Å²) in [6, 6.07) is 5.61. The molecule has 0 amide bonds. The van der Waals surface area contributed by atoms with Crippen molar-refractivity contribution < 1.29 is 0 Å². The molecule has 0 aliphatic carbocycles. The Balaban J connectivity index is 2.53. The van der Waals surface area contributed by atoms with E-state index in [0.717, 1.165) is 12.2 Å². The Morgan fingerprint density at radius 2 is 2.23 bits per heavy atom. The van der Waals surface area contributed by atoms with Crippen LogP contribution in [0.15, 0.2) is 18.2 Å². The summed E-state index contributed by atoms with van der Waals surface area (Å²) in [4.78, 5) is 0. The first-order valence-corrected chi connectivity index (χ1v) is 4.90. The summed E-state index contributed by atoms with van der Waals surface area (Å²) >= 11 is 5.86. The second-order valence-corrected chi connectivity index (χ2v) is 3.42. The van der Waals surface area contributed by atoms with Crippen LogP contribution in [-0.4, -0.2) is 6.54 Å². The van der Waals surface area contributed by atoms with Gasteiger partial charge in [0.2, 0.25) is 0 Å². The molecule has 0 unspecified atom stereocenters. The zero-order chi connectivity index (χ0) is 9.68. The van der Waals surface area contributed by atoms with E-state index in [4.69, 9.17) is 17.3 Å². The second-order valence-electron chi connectivity index (χ2n) is 3.02. The Morgan fingerprint density at radius 1 is 1.46 bits per heavy atom. The number of nitrogen functional groups attached to an aromatic ring is 1. The van der Waals surface area contributed by atoms with Crippen LogP contribution in [0.3, 0.4) is 0 Å². The lowest BCUT2D eigenvalue weighted by Gasteiger charge is -2.06. The molecule has 0 aliphatic rings. The number of nitrogens with one attached hydrogen (secondary N) is 1. The molecule has 72 valence electrons. The molecule has 0 bridgehead atoms. The van der Waals surface area contributed by atoms with Gasteiger partial charge in [-0.2, -0.15) is 0 Å². The van der Waals surface area contributed by atoms with E-state index in [1.165, 1.54) is 12.8 Å². The fourth-order valence-electron chi connectivity index (χ4n) is 1.05. The number of unbranched alkanes of at least 4 members (excludes halogenated alkanes) is 1. The maximum atomic E-state index is 5.86. The molecule has 0 saturated carbocycles. The zero-order valence-electron chi connectivity index (χ0n) is 7.81. The quantitative estimate of drug-likeness (QED) is 0.576. The SMILES string of the molecule is CCCCNc1ccc(N)c(Cl)c1. The molecule has 1 aromatic carbocycles. The van der Waals surface area contributed by atoms with Crippen LogP contribution in [0.25, 0.3) is 0 Å². The van der Waals surface area contributed by atoms with Crippen molar-refractivity contribution >= 4 is 23.0 Å². The lowest BCUT2D eigenvalue weighted by Crippen LogP contribution is -2.00. The van der Waals surface area contributed by atoms with E-state index < -0.39 is 0 Å². The molecule has 0 heterocycles. The van der Waals surface area contributed by atoms with Gasteiger partial charge in [0, 0.05) is 12.2 Å². The summed E-state index contributed by atoms with van der Waals surface area (Å²) < 4.78 is 0. The summed E-state index contributed by atoms with van der Waals surface area (Å²) in [5.41, 5.74) is 7.25. The number of hydrogen-bond acceptors (Lipinski definition) is 2. The fourth-order valence-corrected chi connectivity index (χ4v) is 1.23. The molecule has 0 aliphatic heterocycles. The van der Waals surface area contributed by atoms with E-state index in [0.29, 0.717) is 10.7 Å². The average molecular weight is 199 g/mol. The van der Waals surface area contributed by atoms with Crippen LogP contribution in [-0.2, 0) is 0 Å². The Hall–Kier alpha value is -0.890. The van der Waals surface area contributed by atoms with Crippen molar-refractivity contribution in [1.82, 2.24) is 0 Å². The van der Waals surface area contributed by atoms with Crippen LogP contribution in [0.1, 0.15) is 19.8 Å². The molecule has 0 spiro atoms. The second kappa shape index (κ2) is 4.97. The highest BCUT2D eigenvalue weighted by molar-refractivity contribution is 6.33. The molecule has 0 fully saturated rings. The van der Waals surface area contributed by atoms with Crippen LogP contribution < -0.4 is 11.1 Å². The minimum absolute atomic E-state index is 0.612. The third-order valence-electron chi connectivity index (χ3n) is 1.86. The fraction of sp³-hybridized carbons (Fsp3) is 0.400. The molecule has 3 heteroatoms. The smallest absolute Gasteiger partial charge is 0.0655 e. The van der Waals surface area contributed by atoms with Crippen molar-refractivity contribution in [3.05, 3.63) is 23.2 Å². The number of rotatable bonds is 4. The van der Waals surface area contributed by atoms with Gasteiger partial charge in [-0.15, -0.1) is 0 Å². The van der Waals surface area contributed by atoms with Crippen molar-refractivity contribution in [1.29, 1.82) is 0 Å². The van der Waals surface area contributed by atoms with Crippen LogP contribution >= 0.6 is 11.6 Å². The molecular weight excluding hydrogens is 184 g/mol. The Kier molecular flexibility index (Phi) is 3.90. The van der Waals surface area contributed by atoms with Gasteiger partial charge < -0.3 is 11.1 Å². The molecule has 0 saturated heterocycles. The van der Waals surface area contributed by atoms with Crippen molar-refractivity contribution in [3.8, 4) is 0 Å². The standard InChI is InChI=1S/C10H15ClN2/c1-2-3-6-13-8-4-5-10(12)9(11)7-8/h4-5,7,13H,2-3,6,12H2,1H3. The van der Waals surface area contributed by atoms with Gasteiger partial charge in [0.25, 0.3) is 0 Å². The van der Waals surface area contributed by atoms with Crippen molar-refractivity contribution in [2.24, 2.45) is 0 Å². The predicted octanol–water partition coefficient (Wildman–Crippen LogP) is 3.13. The molecule has 1 rings (SSSR count). The normalized spacial score (nSPS) is 10.0. The van der Waals surface area contributed by atoms with E-state index in [1.807, 2.05) is 18.2 Å². The van der Waals surface area contributed by atoms with E-state index in [2.05, 4.69) is 12.2 Å². The highest BCUT2D eigenvalue weighted by Gasteiger charge is 1.96. The lowest BCUT2D eigenvalue weighted by molar-refractivity contribution is 0.834. The van der Waals surface area contributed by atoms with E-state index in [-0.39, 0.29) is 0 Å². The van der Waals surface area contributed by atoms with Gasteiger partial charge in [-0.1, -0.05) is 24.9 Å². The van der Waals surface area contributed by atoms with Gasteiger partial charge >= 0.3 is 0 Å². The largest absolute Gasteiger partial charge is 0.398 e. The van der Waals surface area contributed by atoms with Gasteiger partial charge in [0.05, 0.1) is 10.7 Å². The maximum Gasteiger partial charge on any atom is 0.0655 e. The van der Waals surface area contributed by atoms with E-state index in [1.54, 1.807) is 0 Å². The topological polar surface area (TPSA) is 38.0 Å². The summed E-state index contributed by atoms with van der Waals surface area (Å²) in [5.74, 6) is 0. The molecule has 3 N–H and O–H groups in total. The summed E-state index contributed by atoms with van der Waals surface area (Å²) in [6.07, 6.45) is 2.36. The predicted molar refractivity (Wildman–Crippen MR) is 59.3 cm³/mol. The lowest BCUT2D eigenvalue weighted by atomic mass is 10.2. The van der Waals surface area contributed by atoms with Crippen LogP contribution in [0, 0.1) is 0 Å². The average Bonchev–Trinajstić information content (AvgIpc) is 2.12. The molecule has 0 radical (unpaired) electrons. The molecule has 0 atom stereocenters. The molecule has 0 aromatic heterocycles. The number of nitrogens with two attached hydrogens (primary N) is 1. The summed E-state index contributed by atoms with van der Waals surface area (Å²) in [6.45, 7) is 3.15.